The molecule has 0 saturated carbocycles. The maximum atomic E-state index is 4.56. The monoisotopic (exact) mass is 259 g/mol. The van der Waals surface area contributed by atoms with Crippen LogP contribution >= 0.6 is 22.9 Å². The minimum Gasteiger partial charge on any atom is -0.237 e. The molecule has 3 rings (SSSR count). The summed E-state index contributed by atoms with van der Waals surface area (Å²) in [5, 5.41) is 6.87. The molecule has 0 aliphatic heterocycles. The van der Waals surface area contributed by atoms with Gasteiger partial charge in [-0.05, 0) is 48.3 Å². The summed E-state index contributed by atoms with van der Waals surface area (Å²) in [7, 11) is 0. The molecule has 0 bridgehead atoms. The van der Waals surface area contributed by atoms with Gasteiger partial charge in [0, 0.05) is 5.38 Å². The van der Waals surface area contributed by atoms with Gasteiger partial charge in [-0.25, -0.2) is 4.98 Å². The minimum atomic E-state index is 0.880. The van der Waals surface area contributed by atoms with Crippen LogP contribution in [0.3, 0.4) is 0 Å². The van der Waals surface area contributed by atoms with Crippen molar-refractivity contribution < 1.29 is 0 Å². The van der Waals surface area contributed by atoms with E-state index in [1.165, 1.54) is 21.8 Å². The second kappa shape index (κ2) is 4.35. The lowest BCUT2D eigenvalue weighted by molar-refractivity contribution is 1.14. The van der Waals surface area contributed by atoms with Crippen LogP contribution in [0.15, 0.2) is 23.6 Å². The highest BCUT2D eigenvalue weighted by molar-refractivity contribution is 7.19. The van der Waals surface area contributed by atoms with E-state index in [1.54, 1.807) is 11.3 Å². The summed E-state index contributed by atoms with van der Waals surface area (Å²) in [5.41, 5.74) is 3.18. The van der Waals surface area contributed by atoms with Crippen LogP contribution in [0.25, 0.3) is 22.4 Å². The Morgan fingerprint density at radius 2 is 2.18 bits per heavy atom. The molecule has 84 valence electrons. The first-order valence-corrected chi connectivity index (χ1v) is 6.79. The Hall–Kier alpha value is -1.59. The molecule has 0 aliphatic rings. The normalized spacial score (nSPS) is 11.6. The number of nitrogens with zero attached hydrogens (tertiary/aromatic N) is 3. The van der Waals surface area contributed by atoms with Crippen LogP contribution in [0, 0.1) is 6.92 Å². The zero-order chi connectivity index (χ0) is 11.7. The van der Waals surface area contributed by atoms with E-state index in [0.717, 1.165) is 16.2 Å². The summed E-state index contributed by atoms with van der Waals surface area (Å²) >= 11 is 3.04. The highest BCUT2D eigenvalue weighted by Gasteiger charge is 2.01. The molecular formula is C12H9N3S2. The Morgan fingerprint density at radius 3 is 3.00 bits per heavy atom. The lowest BCUT2D eigenvalue weighted by Gasteiger charge is -1.88. The maximum Gasteiger partial charge on any atom is 0.117 e. The second-order valence-corrected chi connectivity index (χ2v) is 5.36. The molecular weight excluding hydrogens is 250 g/mol. The molecule has 2 aromatic heterocycles. The Labute approximate surface area is 107 Å². The van der Waals surface area contributed by atoms with E-state index < -0.39 is 0 Å². The van der Waals surface area contributed by atoms with Crippen molar-refractivity contribution in [2.45, 2.75) is 6.92 Å². The number of fused-ring (bicyclic) bond motifs is 1. The van der Waals surface area contributed by atoms with Gasteiger partial charge >= 0.3 is 0 Å². The SMILES string of the molecule is Cc1ccc2sc(/C=C\c3csnn3)nc2c1. The van der Waals surface area contributed by atoms with Gasteiger partial charge < -0.3 is 0 Å². The highest BCUT2D eigenvalue weighted by atomic mass is 32.1. The Bertz CT molecular complexity index is 668. The van der Waals surface area contributed by atoms with Crippen molar-refractivity contribution >= 4 is 45.2 Å². The molecule has 17 heavy (non-hydrogen) atoms. The zero-order valence-corrected chi connectivity index (χ0v) is 10.8. The predicted octanol–water partition coefficient (Wildman–Crippen LogP) is 3.63. The van der Waals surface area contributed by atoms with E-state index in [2.05, 4.69) is 39.7 Å². The van der Waals surface area contributed by atoms with Gasteiger partial charge in [0.15, 0.2) is 0 Å². The Kier molecular flexibility index (Phi) is 2.70. The molecule has 1 aromatic carbocycles. The zero-order valence-electron chi connectivity index (χ0n) is 9.12. The summed E-state index contributed by atoms with van der Waals surface area (Å²) in [4.78, 5) is 4.56. The molecule has 0 fully saturated rings. The van der Waals surface area contributed by atoms with E-state index in [1.807, 2.05) is 17.5 Å². The van der Waals surface area contributed by atoms with Gasteiger partial charge in [0.2, 0.25) is 0 Å². The smallest absolute Gasteiger partial charge is 0.117 e. The molecule has 5 heteroatoms. The third kappa shape index (κ3) is 2.25. The molecule has 3 nitrogen and oxygen atoms in total. The lowest BCUT2D eigenvalue weighted by Crippen LogP contribution is -1.73. The fourth-order valence-electron chi connectivity index (χ4n) is 1.53. The predicted molar refractivity (Wildman–Crippen MR) is 73.2 cm³/mol. The number of aromatic nitrogens is 3. The number of aryl methyl sites for hydroxylation is 1. The average molecular weight is 259 g/mol. The van der Waals surface area contributed by atoms with Crippen LogP contribution in [-0.2, 0) is 0 Å². The van der Waals surface area contributed by atoms with Crippen molar-refractivity contribution in [3.05, 3.63) is 39.8 Å². The molecule has 0 saturated heterocycles. The van der Waals surface area contributed by atoms with E-state index in [9.17, 15) is 0 Å². The Morgan fingerprint density at radius 1 is 1.24 bits per heavy atom. The van der Waals surface area contributed by atoms with E-state index in [0.29, 0.717) is 0 Å². The van der Waals surface area contributed by atoms with Gasteiger partial charge in [0.05, 0.1) is 15.9 Å². The Balaban J connectivity index is 1.96. The van der Waals surface area contributed by atoms with Crippen LogP contribution < -0.4 is 0 Å². The minimum absolute atomic E-state index is 0.880. The molecule has 0 aliphatic carbocycles. The van der Waals surface area contributed by atoms with Crippen molar-refractivity contribution in [1.82, 2.24) is 14.6 Å². The molecule has 0 atom stereocenters. The number of hydrogen-bond donors (Lipinski definition) is 0. The van der Waals surface area contributed by atoms with Crippen molar-refractivity contribution in [3.8, 4) is 0 Å². The molecule has 3 aromatic rings. The van der Waals surface area contributed by atoms with E-state index >= 15 is 0 Å². The molecule has 0 unspecified atom stereocenters. The summed E-state index contributed by atoms with van der Waals surface area (Å²) in [6.45, 7) is 2.08. The fourth-order valence-corrected chi connectivity index (χ4v) is 2.80. The van der Waals surface area contributed by atoms with Gasteiger partial charge in [-0.2, -0.15) is 0 Å². The largest absolute Gasteiger partial charge is 0.237 e. The van der Waals surface area contributed by atoms with Crippen LogP contribution in [0.2, 0.25) is 0 Å². The topological polar surface area (TPSA) is 38.7 Å². The van der Waals surface area contributed by atoms with Crippen LogP contribution in [-0.4, -0.2) is 14.6 Å². The standard InChI is InChI=1S/C12H9N3S2/c1-8-2-4-11-10(6-8)13-12(17-11)5-3-9-7-16-15-14-9/h2-7H,1H3/b5-3-. The van der Waals surface area contributed by atoms with Crippen LogP contribution in [0.4, 0.5) is 0 Å². The van der Waals surface area contributed by atoms with Crippen molar-refractivity contribution in [1.29, 1.82) is 0 Å². The van der Waals surface area contributed by atoms with Gasteiger partial charge in [-0.15, -0.1) is 16.4 Å². The van der Waals surface area contributed by atoms with Crippen molar-refractivity contribution in [2.24, 2.45) is 0 Å². The first-order chi connectivity index (χ1) is 8.31. The third-order valence-corrected chi connectivity index (χ3v) is 3.86. The van der Waals surface area contributed by atoms with E-state index in [4.69, 9.17) is 0 Å². The highest BCUT2D eigenvalue weighted by Crippen LogP contribution is 2.24. The molecule has 0 N–H and O–H groups in total. The van der Waals surface area contributed by atoms with Gasteiger partial charge in [0.1, 0.15) is 5.01 Å². The van der Waals surface area contributed by atoms with Gasteiger partial charge in [0.25, 0.3) is 0 Å². The molecule has 0 amide bonds. The third-order valence-electron chi connectivity index (χ3n) is 2.33. The quantitative estimate of drug-likeness (QED) is 0.705. The first kappa shape index (κ1) is 10.6. The summed E-state index contributed by atoms with van der Waals surface area (Å²) in [5.74, 6) is 0. The number of thiazole rings is 1. The van der Waals surface area contributed by atoms with Crippen molar-refractivity contribution in [3.63, 3.8) is 0 Å². The van der Waals surface area contributed by atoms with Crippen molar-refractivity contribution in [2.75, 3.05) is 0 Å². The summed E-state index contributed by atoms with van der Waals surface area (Å²) < 4.78 is 5.03. The summed E-state index contributed by atoms with van der Waals surface area (Å²) in [6.07, 6.45) is 3.92. The van der Waals surface area contributed by atoms with Crippen LogP contribution in [0.5, 0.6) is 0 Å². The first-order valence-electron chi connectivity index (χ1n) is 5.13. The molecule has 2 heterocycles. The lowest BCUT2D eigenvalue weighted by atomic mass is 10.2. The number of benzene rings is 1. The maximum absolute atomic E-state index is 4.56. The van der Waals surface area contributed by atoms with Crippen LogP contribution in [0.1, 0.15) is 16.3 Å². The molecule has 0 spiro atoms. The fraction of sp³-hybridized carbons (Fsp3) is 0.0833. The summed E-state index contributed by atoms with van der Waals surface area (Å²) in [6, 6.07) is 6.33. The average Bonchev–Trinajstić information content (AvgIpc) is 2.94. The second-order valence-electron chi connectivity index (χ2n) is 3.69. The molecule has 0 radical (unpaired) electrons. The number of hydrogen-bond acceptors (Lipinski definition) is 5. The van der Waals surface area contributed by atoms with E-state index in [-0.39, 0.29) is 0 Å². The number of rotatable bonds is 2. The van der Waals surface area contributed by atoms with Gasteiger partial charge in [-0.1, -0.05) is 10.6 Å². The van der Waals surface area contributed by atoms with Gasteiger partial charge in [-0.3, -0.25) is 0 Å².